The van der Waals surface area contributed by atoms with Gasteiger partial charge in [0, 0.05) is 29.0 Å². The van der Waals surface area contributed by atoms with Crippen molar-refractivity contribution in [2.45, 2.75) is 26.1 Å². The summed E-state index contributed by atoms with van der Waals surface area (Å²) < 4.78 is 50.1. The number of carbonyl (C=O) groups is 1. The summed E-state index contributed by atoms with van der Waals surface area (Å²) in [5, 5.41) is 4.69. The van der Waals surface area contributed by atoms with E-state index in [4.69, 9.17) is 0 Å². The van der Waals surface area contributed by atoms with Crippen LogP contribution in [0.5, 0.6) is 5.75 Å². The lowest BCUT2D eigenvalue weighted by atomic mass is 10.0. The number of pyridine rings is 1. The highest BCUT2D eigenvalue weighted by Crippen LogP contribution is 2.29. The van der Waals surface area contributed by atoms with Crippen molar-refractivity contribution in [1.29, 1.82) is 0 Å². The van der Waals surface area contributed by atoms with Gasteiger partial charge in [-0.1, -0.05) is 38.1 Å². The molecule has 2 N–H and O–H groups in total. The zero-order chi connectivity index (χ0) is 28.3. The topological polar surface area (TPSA) is 80.0 Å². The molecule has 2 aromatic heterocycles. The highest BCUT2D eigenvalue weighted by atomic mass is 32.2. The van der Waals surface area contributed by atoms with Crippen molar-refractivity contribution < 1.29 is 22.7 Å². The number of anilines is 1. The fourth-order valence-corrected chi connectivity index (χ4v) is 4.69. The standard InChI is InChI=1S/C29H24F3N5O2S/c1-18(2)23-5-3-4-6-25(23)35-28(38)36-40-34-16-19-7-12-24-21(15-19)13-14-37-26(17-33-27(24)37)20-8-10-22(11-9-20)39-29(30,31)32/h3-18H,1-2H3,(H2,35,36,38). The molecule has 0 aliphatic heterocycles. The van der Waals surface area contributed by atoms with E-state index in [1.807, 2.05) is 59.1 Å². The largest absolute Gasteiger partial charge is 0.573 e. The van der Waals surface area contributed by atoms with Crippen molar-refractivity contribution >= 4 is 46.5 Å². The maximum Gasteiger partial charge on any atom is 0.573 e. The van der Waals surface area contributed by atoms with Crippen LogP contribution in [0.4, 0.5) is 23.7 Å². The van der Waals surface area contributed by atoms with Crippen molar-refractivity contribution in [2.75, 3.05) is 5.32 Å². The quantitative estimate of drug-likeness (QED) is 0.155. The predicted molar refractivity (Wildman–Crippen MR) is 153 cm³/mol. The van der Waals surface area contributed by atoms with E-state index in [-0.39, 0.29) is 17.7 Å². The first-order chi connectivity index (χ1) is 19.2. The van der Waals surface area contributed by atoms with Crippen LogP contribution in [0.15, 0.2) is 89.6 Å². The molecule has 0 saturated heterocycles. The molecule has 5 rings (SSSR count). The van der Waals surface area contributed by atoms with E-state index in [0.29, 0.717) is 11.2 Å². The SMILES string of the molecule is CC(C)c1ccccc1NC(=O)NSN=Cc1ccc2c(ccn3c(-c4ccc(OC(F)(F)F)cc4)cnc23)c1. The number of nitrogens with zero attached hydrogens (tertiary/aromatic N) is 3. The molecular weight excluding hydrogens is 539 g/mol. The van der Waals surface area contributed by atoms with Crippen LogP contribution in [0.25, 0.3) is 27.7 Å². The molecule has 0 fully saturated rings. The second-order valence-corrected chi connectivity index (χ2v) is 9.79. The molecule has 0 unspecified atom stereocenters. The summed E-state index contributed by atoms with van der Waals surface area (Å²) in [5.74, 6) is -0.00618. The van der Waals surface area contributed by atoms with Gasteiger partial charge in [0.25, 0.3) is 0 Å². The Morgan fingerprint density at radius 3 is 2.60 bits per heavy atom. The number of para-hydroxylation sites is 1. The van der Waals surface area contributed by atoms with Gasteiger partial charge in [0.05, 0.1) is 24.0 Å². The van der Waals surface area contributed by atoms with Crippen LogP contribution in [-0.4, -0.2) is 28.0 Å². The van der Waals surface area contributed by atoms with Crippen molar-refractivity contribution in [3.05, 3.63) is 96.3 Å². The monoisotopic (exact) mass is 563 g/mol. The zero-order valence-corrected chi connectivity index (χ0v) is 22.3. The van der Waals surface area contributed by atoms with Crippen molar-refractivity contribution in [2.24, 2.45) is 4.40 Å². The third kappa shape index (κ3) is 6.20. The summed E-state index contributed by atoms with van der Waals surface area (Å²) in [5.41, 5.74) is 4.79. The molecule has 0 aliphatic rings. The number of alkyl halides is 3. The molecule has 3 aromatic carbocycles. The molecule has 204 valence electrons. The first kappa shape index (κ1) is 27.1. The Morgan fingerprint density at radius 2 is 1.85 bits per heavy atom. The van der Waals surface area contributed by atoms with E-state index in [9.17, 15) is 18.0 Å². The summed E-state index contributed by atoms with van der Waals surface area (Å²) in [6.07, 6.45) is 0.447. The lowest BCUT2D eigenvalue weighted by molar-refractivity contribution is -0.274. The number of benzene rings is 3. The highest BCUT2D eigenvalue weighted by molar-refractivity contribution is 7.96. The van der Waals surface area contributed by atoms with Gasteiger partial charge >= 0.3 is 12.4 Å². The number of ether oxygens (including phenoxy) is 1. The Bertz CT molecular complexity index is 1700. The first-order valence-corrected chi connectivity index (χ1v) is 13.1. The van der Waals surface area contributed by atoms with Gasteiger partial charge in [-0.05, 0) is 71.0 Å². The molecule has 0 radical (unpaired) electrons. The van der Waals surface area contributed by atoms with Crippen LogP contribution in [0.3, 0.4) is 0 Å². The molecule has 2 amide bonds. The van der Waals surface area contributed by atoms with Crippen LogP contribution < -0.4 is 14.8 Å². The third-order valence-electron chi connectivity index (χ3n) is 6.12. The Morgan fingerprint density at radius 1 is 1.07 bits per heavy atom. The van der Waals surface area contributed by atoms with E-state index in [1.54, 1.807) is 24.5 Å². The number of hydrogen-bond acceptors (Lipinski definition) is 5. The van der Waals surface area contributed by atoms with E-state index in [0.717, 1.165) is 45.4 Å². The van der Waals surface area contributed by atoms with Crippen molar-refractivity contribution in [1.82, 2.24) is 14.1 Å². The zero-order valence-electron chi connectivity index (χ0n) is 21.4. The van der Waals surface area contributed by atoms with Crippen LogP contribution in [-0.2, 0) is 0 Å². The lowest BCUT2D eigenvalue weighted by Gasteiger charge is -2.13. The Labute approximate surface area is 232 Å². The van der Waals surface area contributed by atoms with E-state index >= 15 is 0 Å². The number of carbonyl (C=O) groups excluding carboxylic acids is 1. The molecule has 0 saturated carbocycles. The van der Waals surface area contributed by atoms with Gasteiger partial charge in [-0.25, -0.2) is 14.2 Å². The third-order valence-corrected chi connectivity index (χ3v) is 6.61. The Hall–Kier alpha value is -4.51. The number of hydrogen-bond donors (Lipinski definition) is 2. The molecule has 0 atom stereocenters. The number of aromatic nitrogens is 2. The van der Waals surface area contributed by atoms with Crippen molar-refractivity contribution in [3.8, 4) is 17.0 Å². The Kier molecular flexibility index (Phi) is 7.65. The average molecular weight is 564 g/mol. The number of urea groups is 1. The summed E-state index contributed by atoms with van der Waals surface area (Å²) in [4.78, 5) is 16.8. The number of halogens is 3. The fraction of sp³-hybridized carbons (Fsp3) is 0.138. The summed E-state index contributed by atoms with van der Waals surface area (Å²) in [7, 11) is 0. The minimum atomic E-state index is -4.74. The molecular formula is C29H24F3N5O2S. The van der Waals surface area contributed by atoms with Gasteiger partial charge in [0.15, 0.2) is 0 Å². The molecule has 40 heavy (non-hydrogen) atoms. The van der Waals surface area contributed by atoms with E-state index < -0.39 is 6.36 Å². The molecule has 5 aromatic rings. The van der Waals surface area contributed by atoms with Gasteiger partial charge in [-0.3, -0.25) is 9.12 Å². The highest BCUT2D eigenvalue weighted by Gasteiger charge is 2.31. The molecule has 7 nitrogen and oxygen atoms in total. The van der Waals surface area contributed by atoms with Crippen LogP contribution in [0.1, 0.15) is 30.9 Å². The number of fused-ring (bicyclic) bond motifs is 3. The van der Waals surface area contributed by atoms with E-state index in [1.165, 1.54) is 12.1 Å². The fourth-order valence-electron chi connectivity index (χ4n) is 4.33. The molecule has 0 aliphatic carbocycles. The van der Waals surface area contributed by atoms with Gasteiger partial charge in [0.1, 0.15) is 11.4 Å². The molecule has 0 bridgehead atoms. The number of rotatable bonds is 7. The maximum absolute atomic E-state index is 12.5. The molecule has 2 heterocycles. The summed E-state index contributed by atoms with van der Waals surface area (Å²) in [6, 6.07) is 20.7. The van der Waals surface area contributed by atoms with Crippen molar-refractivity contribution in [3.63, 3.8) is 0 Å². The minimum absolute atomic E-state index is 0.276. The van der Waals surface area contributed by atoms with Gasteiger partial charge < -0.3 is 10.1 Å². The number of nitrogens with one attached hydrogen (secondary N) is 2. The van der Waals surface area contributed by atoms with Crippen LogP contribution in [0, 0.1) is 0 Å². The lowest BCUT2D eigenvalue weighted by Crippen LogP contribution is -2.23. The second kappa shape index (κ2) is 11.3. The van der Waals surface area contributed by atoms with Crippen LogP contribution >= 0.6 is 12.1 Å². The molecule has 0 spiro atoms. The normalized spacial score (nSPS) is 11.9. The summed E-state index contributed by atoms with van der Waals surface area (Å²) >= 11 is 0.922. The Balaban J connectivity index is 1.26. The summed E-state index contributed by atoms with van der Waals surface area (Å²) in [6.45, 7) is 4.13. The second-order valence-electron chi connectivity index (χ2n) is 9.20. The predicted octanol–water partition coefficient (Wildman–Crippen LogP) is 7.98. The number of imidazole rings is 1. The number of amides is 2. The maximum atomic E-state index is 12.5. The minimum Gasteiger partial charge on any atom is -0.406 e. The van der Waals surface area contributed by atoms with Crippen LogP contribution in [0.2, 0.25) is 0 Å². The van der Waals surface area contributed by atoms with Gasteiger partial charge in [0.2, 0.25) is 0 Å². The van der Waals surface area contributed by atoms with Gasteiger partial charge in [-0.2, -0.15) is 0 Å². The average Bonchev–Trinajstić information content (AvgIpc) is 3.35. The smallest absolute Gasteiger partial charge is 0.406 e. The van der Waals surface area contributed by atoms with E-state index in [2.05, 4.69) is 38.0 Å². The van der Waals surface area contributed by atoms with Gasteiger partial charge in [-0.15, -0.1) is 13.2 Å². The first-order valence-electron chi connectivity index (χ1n) is 12.3. The molecule has 11 heteroatoms.